The van der Waals surface area contributed by atoms with Gasteiger partial charge in [-0.2, -0.15) is 0 Å². The molecule has 2 rings (SSSR count). The number of methoxy groups -OCH3 is 2. The number of benzene rings is 2. The van der Waals surface area contributed by atoms with Gasteiger partial charge in [0.15, 0.2) is 0 Å². The first-order valence-electron chi connectivity index (χ1n) is 7.29. The van der Waals surface area contributed by atoms with Gasteiger partial charge in [0.05, 0.1) is 37.5 Å². The number of hydrogen-bond donors (Lipinski definition) is 1. The number of carbonyl (C=O) groups excluding carboxylic acids is 3. The minimum Gasteiger partial charge on any atom is -0.465 e. The Kier molecular flexibility index (Phi) is 5.84. The van der Waals surface area contributed by atoms with E-state index in [0.29, 0.717) is 5.56 Å². The molecule has 0 spiro atoms. The molecular weight excluding hydrogens is 329 g/mol. The van der Waals surface area contributed by atoms with Crippen molar-refractivity contribution in [2.45, 2.75) is 6.42 Å². The molecule has 0 atom stereocenters. The van der Waals surface area contributed by atoms with Crippen LogP contribution in [0.3, 0.4) is 0 Å². The largest absolute Gasteiger partial charge is 0.465 e. The van der Waals surface area contributed by atoms with Crippen LogP contribution in [0, 0.1) is 5.82 Å². The van der Waals surface area contributed by atoms with Crippen molar-refractivity contribution in [1.82, 2.24) is 0 Å². The molecule has 0 radical (unpaired) electrons. The maximum atomic E-state index is 12.9. The van der Waals surface area contributed by atoms with E-state index in [1.165, 1.54) is 56.7 Å². The molecule has 0 aliphatic heterocycles. The zero-order chi connectivity index (χ0) is 18.4. The lowest BCUT2D eigenvalue weighted by Crippen LogP contribution is -2.18. The summed E-state index contributed by atoms with van der Waals surface area (Å²) in [4.78, 5) is 35.7. The van der Waals surface area contributed by atoms with Crippen LogP contribution in [0.25, 0.3) is 0 Å². The second-order valence-electron chi connectivity index (χ2n) is 5.09. The van der Waals surface area contributed by atoms with Crippen molar-refractivity contribution >= 4 is 23.5 Å². The highest BCUT2D eigenvalue weighted by molar-refractivity contribution is 6.03. The molecule has 130 valence electrons. The quantitative estimate of drug-likeness (QED) is 0.843. The summed E-state index contributed by atoms with van der Waals surface area (Å²) in [6, 6.07) is 9.57. The Morgan fingerprint density at radius 1 is 0.960 bits per heavy atom. The Morgan fingerprint density at radius 2 is 1.60 bits per heavy atom. The van der Waals surface area contributed by atoms with Gasteiger partial charge in [0.2, 0.25) is 5.91 Å². The molecule has 0 aliphatic rings. The van der Waals surface area contributed by atoms with E-state index >= 15 is 0 Å². The molecule has 0 aromatic heterocycles. The highest BCUT2D eigenvalue weighted by Crippen LogP contribution is 2.20. The lowest BCUT2D eigenvalue weighted by atomic mass is 10.1. The van der Waals surface area contributed by atoms with Gasteiger partial charge in [0, 0.05) is 0 Å². The molecule has 0 heterocycles. The summed E-state index contributed by atoms with van der Waals surface area (Å²) in [7, 11) is 2.43. The minimum atomic E-state index is -0.659. The van der Waals surface area contributed by atoms with Crippen LogP contribution in [0.2, 0.25) is 0 Å². The standard InChI is InChI=1S/C18H16FNO5/c1-24-17(22)12-5-8-14(18(23)25-2)15(10-12)20-16(21)9-11-3-6-13(19)7-4-11/h3-8,10H,9H2,1-2H3,(H,20,21). The van der Waals surface area contributed by atoms with E-state index in [1.807, 2.05) is 0 Å². The first kappa shape index (κ1) is 18.1. The van der Waals surface area contributed by atoms with E-state index in [1.54, 1.807) is 0 Å². The van der Waals surface area contributed by atoms with Crippen LogP contribution >= 0.6 is 0 Å². The second kappa shape index (κ2) is 8.05. The minimum absolute atomic E-state index is 0.0245. The zero-order valence-electron chi connectivity index (χ0n) is 13.7. The Labute approximate surface area is 143 Å². The fraction of sp³-hybridized carbons (Fsp3) is 0.167. The smallest absolute Gasteiger partial charge is 0.339 e. The van der Waals surface area contributed by atoms with E-state index < -0.39 is 23.7 Å². The third-order valence-electron chi connectivity index (χ3n) is 3.40. The molecule has 0 saturated carbocycles. The Balaban J connectivity index is 2.25. The highest BCUT2D eigenvalue weighted by atomic mass is 19.1. The molecule has 0 fully saturated rings. The van der Waals surface area contributed by atoms with E-state index in [4.69, 9.17) is 0 Å². The normalized spacial score (nSPS) is 10.0. The molecule has 0 bridgehead atoms. The van der Waals surface area contributed by atoms with E-state index in [9.17, 15) is 18.8 Å². The fourth-order valence-corrected chi connectivity index (χ4v) is 2.16. The van der Waals surface area contributed by atoms with Crippen molar-refractivity contribution in [2.24, 2.45) is 0 Å². The van der Waals surface area contributed by atoms with Crippen molar-refractivity contribution in [3.63, 3.8) is 0 Å². The molecule has 2 aromatic carbocycles. The highest BCUT2D eigenvalue weighted by Gasteiger charge is 2.17. The maximum Gasteiger partial charge on any atom is 0.339 e. The topological polar surface area (TPSA) is 81.7 Å². The van der Waals surface area contributed by atoms with Gasteiger partial charge < -0.3 is 14.8 Å². The van der Waals surface area contributed by atoms with Gasteiger partial charge in [-0.05, 0) is 35.9 Å². The predicted molar refractivity (Wildman–Crippen MR) is 87.9 cm³/mol. The average molecular weight is 345 g/mol. The third-order valence-corrected chi connectivity index (χ3v) is 3.40. The fourth-order valence-electron chi connectivity index (χ4n) is 2.16. The van der Waals surface area contributed by atoms with Gasteiger partial charge in [-0.15, -0.1) is 0 Å². The Hall–Kier alpha value is -3.22. The average Bonchev–Trinajstić information content (AvgIpc) is 2.62. The van der Waals surface area contributed by atoms with Gasteiger partial charge in [0.25, 0.3) is 0 Å². The monoisotopic (exact) mass is 345 g/mol. The van der Waals surface area contributed by atoms with Crippen molar-refractivity contribution in [3.05, 3.63) is 65.0 Å². The van der Waals surface area contributed by atoms with E-state index in [-0.39, 0.29) is 23.2 Å². The molecule has 6 nitrogen and oxygen atoms in total. The summed E-state index contributed by atoms with van der Waals surface area (Å²) in [6.07, 6.45) is -0.0245. The van der Waals surface area contributed by atoms with Gasteiger partial charge >= 0.3 is 11.9 Å². The van der Waals surface area contributed by atoms with Crippen molar-refractivity contribution in [1.29, 1.82) is 0 Å². The van der Waals surface area contributed by atoms with E-state index in [0.717, 1.165) is 0 Å². The van der Waals surface area contributed by atoms with Crippen LogP contribution in [0.15, 0.2) is 42.5 Å². The van der Waals surface area contributed by atoms with Gasteiger partial charge in [-0.25, -0.2) is 14.0 Å². The van der Waals surface area contributed by atoms with E-state index in [2.05, 4.69) is 14.8 Å². The van der Waals surface area contributed by atoms with Crippen molar-refractivity contribution in [2.75, 3.05) is 19.5 Å². The summed E-state index contributed by atoms with van der Waals surface area (Å²) in [5, 5.41) is 2.57. The Morgan fingerprint density at radius 3 is 2.20 bits per heavy atom. The number of ether oxygens (including phenoxy) is 2. The SMILES string of the molecule is COC(=O)c1ccc(C(=O)OC)c(NC(=O)Cc2ccc(F)cc2)c1. The first-order chi connectivity index (χ1) is 11.9. The summed E-state index contributed by atoms with van der Waals surface area (Å²) in [5.41, 5.74) is 0.999. The first-order valence-corrected chi connectivity index (χ1v) is 7.29. The van der Waals surface area contributed by atoms with Crippen molar-refractivity contribution in [3.8, 4) is 0 Å². The van der Waals surface area contributed by atoms with Crippen LogP contribution in [-0.4, -0.2) is 32.1 Å². The summed E-state index contributed by atoms with van der Waals surface area (Å²) >= 11 is 0. The zero-order valence-corrected chi connectivity index (χ0v) is 13.7. The molecule has 1 N–H and O–H groups in total. The summed E-state index contributed by atoms with van der Waals surface area (Å²) in [5.74, 6) is -2.10. The maximum absolute atomic E-state index is 12.9. The number of halogens is 1. The van der Waals surface area contributed by atoms with Crippen LogP contribution in [0.5, 0.6) is 0 Å². The molecule has 25 heavy (non-hydrogen) atoms. The van der Waals surface area contributed by atoms with Crippen molar-refractivity contribution < 1.29 is 28.2 Å². The van der Waals surface area contributed by atoms with Gasteiger partial charge in [-0.1, -0.05) is 12.1 Å². The lowest BCUT2D eigenvalue weighted by molar-refractivity contribution is -0.115. The van der Waals surface area contributed by atoms with Crippen LogP contribution in [-0.2, 0) is 20.7 Å². The molecule has 0 unspecified atom stereocenters. The van der Waals surface area contributed by atoms with Gasteiger partial charge in [0.1, 0.15) is 5.82 Å². The number of esters is 2. The Bertz CT molecular complexity index is 802. The molecular formula is C18H16FNO5. The molecule has 2 aromatic rings. The number of amides is 1. The number of nitrogens with one attached hydrogen (secondary N) is 1. The number of hydrogen-bond acceptors (Lipinski definition) is 5. The number of anilines is 1. The van der Waals surface area contributed by atoms with Crippen LogP contribution in [0.4, 0.5) is 10.1 Å². The molecule has 0 saturated heterocycles. The number of rotatable bonds is 5. The molecule has 7 heteroatoms. The number of carbonyl (C=O) groups is 3. The lowest BCUT2D eigenvalue weighted by Gasteiger charge is -2.11. The molecule has 1 amide bonds. The molecule has 0 aliphatic carbocycles. The predicted octanol–water partition coefficient (Wildman–Crippen LogP) is 2.58. The van der Waals surface area contributed by atoms with Crippen LogP contribution in [0.1, 0.15) is 26.3 Å². The van der Waals surface area contributed by atoms with Crippen LogP contribution < -0.4 is 5.32 Å². The summed E-state index contributed by atoms with van der Waals surface area (Å²) in [6.45, 7) is 0. The second-order valence-corrected chi connectivity index (χ2v) is 5.09. The third kappa shape index (κ3) is 4.63. The van der Waals surface area contributed by atoms with Gasteiger partial charge in [-0.3, -0.25) is 4.79 Å². The summed E-state index contributed by atoms with van der Waals surface area (Å²) < 4.78 is 22.2.